The monoisotopic (exact) mass is 325 g/mol. The lowest BCUT2D eigenvalue weighted by Crippen LogP contribution is -2.36. The Kier molecular flexibility index (Phi) is 10.5. The maximum Gasteiger partial charge on any atom is 0.173 e. The second kappa shape index (κ2) is 10.9. The molecule has 126 valence electrons. The first-order valence-corrected chi connectivity index (χ1v) is 9.97. The van der Waals surface area contributed by atoms with Crippen molar-refractivity contribution in [3.05, 3.63) is 48.3 Å². The molecular formula is C20H34FS+. The van der Waals surface area contributed by atoms with E-state index in [1.165, 1.54) is 29.9 Å². The van der Waals surface area contributed by atoms with Crippen LogP contribution in [0.4, 0.5) is 4.39 Å². The average Bonchev–Trinajstić information content (AvgIpc) is 2.94. The first-order chi connectivity index (χ1) is 10.3. The Morgan fingerprint density at radius 3 is 1.82 bits per heavy atom. The highest BCUT2D eigenvalue weighted by Gasteiger charge is 2.43. The van der Waals surface area contributed by atoms with E-state index < -0.39 is 0 Å². The summed E-state index contributed by atoms with van der Waals surface area (Å²) in [6.07, 6.45) is 2.56. The molecule has 0 amide bonds. The second-order valence-corrected chi connectivity index (χ2v) is 8.86. The largest absolute Gasteiger partial charge is 0.207 e. The van der Waals surface area contributed by atoms with Crippen LogP contribution in [0, 0.1) is 12.3 Å². The van der Waals surface area contributed by atoms with Gasteiger partial charge in [0.1, 0.15) is 17.3 Å². The standard InChI is InChI=1S/C11H20FS.C7H8.C2H6/c1-9(12)10(11(2,3)4)13-7-5-6-8-13;1-7-5-3-2-4-6-7;1-2/h10H,1,5-8H2,2-4H3;2-6H,1H3;1-2H3/q+1;;. The van der Waals surface area contributed by atoms with Crippen LogP contribution in [0.3, 0.4) is 0 Å². The molecule has 0 bridgehead atoms. The van der Waals surface area contributed by atoms with Crippen LogP contribution in [0.15, 0.2) is 42.7 Å². The molecule has 0 spiro atoms. The van der Waals surface area contributed by atoms with Gasteiger partial charge in [-0.15, -0.1) is 0 Å². The Balaban J connectivity index is 0.000000412. The van der Waals surface area contributed by atoms with Gasteiger partial charge in [0.15, 0.2) is 5.25 Å². The lowest BCUT2D eigenvalue weighted by Gasteiger charge is -2.26. The van der Waals surface area contributed by atoms with Crippen LogP contribution in [-0.2, 0) is 10.9 Å². The highest BCUT2D eigenvalue weighted by atomic mass is 32.2. The lowest BCUT2D eigenvalue weighted by molar-refractivity contribution is 0.381. The van der Waals surface area contributed by atoms with Gasteiger partial charge in [0.05, 0.1) is 0 Å². The molecule has 0 aromatic heterocycles. The minimum atomic E-state index is -0.0993. The van der Waals surface area contributed by atoms with Crippen molar-refractivity contribution in [2.45, 2.75) is 59.6 Å². The third-order valence-electron chi connectivity index (χ3n) is 3.41. The van der Waals surface area contributed by atoms with E-state index in [4.69, 9.17) is 0 Å². The Labute approximate surface area is 140 Å². The molecule has 22 heavy (non-hydrogen) atoms. The summed E-state index contributed by atoms with van der Waals surface area (Å²) in [7, 11) is 0.261. The molecule has 0 radical (unpaired) electrons. The van der Waals surface area contributed by atoms with E-state index in [0.29, 0.717) is 0 Å². The molecule has 0 aliphatic carbocycles. The number of benzene rings is 1. The molecule has 2 rings (SSSR count). The SMILES string of the molecule is C=C(F)C([S+]1CCCC1)C(C)(C)C.CC.Cc1ccccc1. The van der Waals surface area contributed by atoms with Crippen molar-refractivity contribution in [1.29, 1.82) is 0 Å². The number of aryl methyl sites for hydroxylation is 1. The van der Waals surface area contributed by atoms with Gasteiger partial charge in [-0.2, -0.15) is 0 Å². The summed E-state index contributed by atoms with van der Waals surface area (Å²) in [4.78, 5) is 0. The fourth-order valence-corrected chi connectivity index (χ4v) is 5.78. The molecule has 1 heterocycles. The van der Waals surface area contributed by atoms with Gasteiger partial charge in [-0.25, -0.2) is 4.39 Å². The average molecular weight is 326 g/mol. The lowest BCUT2D eigenvalue weighted by atomic mass is 9.91. The number of rotatable bonds is 2. The predicted octanol–water partition coefficient (Wildman–Crippen LogP) is 6.32. The Hall–Kier alpha value is -0.760. The predicted molar refractivity (Wildman–Crippen MR) is 102 cm³/mol. The van der Waals surface area contributed by atoms with Crippen molar-refractivity contribution in [1.82, 2.24) is 0 Å². The van der Waals surface area contributed by atoms with Gasteiger partial charge >= 0.3 is 0 Å². The number of halogens is 1. The summed E-state index contributed by atoms with van der Waals surface area (Å²) in [5.41, 5.74) is 1.36. The molecule has 1 fully saturated rings. The molecule has 2 heteroatoms. The van der Waals surface area contributed by atoms with E-state index in [0.717, 1.165) is 0 Å². The molecule has 1 saturated heterocycles. The van der Waals surface area contributed by atoms with Crippen molar-refractivity contribution in [2.24, 2.45) is 5.41 Å². The van der Waals surface area contributed by atoms with Gasteiger partial charge in [-0.05, 0) is 30.7 Å². The summed E-state index contributed by atoms with van der Waals surface area (Å²) in [6, 6.07) is 10.3. The molecule has 1 aromatic carbocycles. The zero-order chi connectivity index (χ0) is 17.2. The summed E-state index contributed by atoms with van der Waals surface area (Å²) < 4.78 is 13.3. The van der Waals surface area contributed by atoms with Crippen LogP contribution in [-0.4, -0.2) is 16.8 Å². The molecule has 0 N–H and O–H groups in total. The maximum atomic E-state index is 13.3. The van der Waals surface area contributed by atoms with Crippen LogP contribution in [0.2, 0.25) is 0 Å². The van der Waals surface area contributed by atoms with Crippen LogP contribution < -0.4 is 0 Å². The molecule has 0 saturated carbocycles. The second-order valence-electron chi connectivity index (χ2n) is 6.50. The van der Waals surface area contributed by atoms with Crippen molar-refractivity contribution in [2.75, 3.05) is 11.5 Å². The molecular weight excluding hydrogens is 291 g/mol. The highest BCUT2D eigenvalue weighted by molar-refractivity contribution is 7.97. The third kappa shape index (κ3) is 8.03. The molecule has 1 aromatic rings. The van der Waals surface area contributed by atoms with Crippen LogP contribution in [0.5, 0.6) is 0 Å². The van der Waals surface area contributed by atoms with Crippen molar-refractivity contribution >= 4 is 10.9 Å². The smallest absolute Gasteiger partial charge is 0.173 e. The fourth-order valence-electron chi connectivity index (χ4n) is 2.60. The van der Waals surface area contributed by atoms with Gasteiger partial charge in [0.2, 0.25) is 0 Å². The van der Waals surface area contributed by atoms with Gasteiger partial charge in [0.25, 0.3) is 0 Å². The Morgan fingerprint density at radius 2 is 1.55 bits per heavy atom. The Morgan fingerprint density at radius 1 is 1.09 bits per heavy atom. The molecule has 0 nitrogen and oxygen atoms in total. The van der Waals surface area contributed by atoms with Crippen molar-refractivity contribution in [3.8, 4) is 0 Å². The van der Waals surface area contributed by atoms with E-state index in [1.807, 2.05) is 32.0 Å². The molecule has 1 aliphatic rings. The molecule has 1 unspecified atom stereocenters. The fraction of sp³-hybridized carbons (Fsp3) is 0.600. The van der Waals surface area contributed by atoms with Crippen LogP contribution >= 0.6 is 0 Å². The van der Waals surface area contributed by atoms with E-state index in [2.05, 4.69) is 46.4 Å². The van der Waals surface area contributed by atoms with Crippen LogP contribution in [0.25, 0.3) is 0 Å². The van der Waals surface area contributed by atoms with Crippen molar-refractivity contribution < 1.29 is 4.39 Å². The van der Waals surface area contributed by atoms with E-state index in [1.54, 1.807) is 0 Å². The summed E-state index contributed by atoms with van der Waals surface area (Å²) in [6.45, 7) is 15.9. The third-order valence-corrected chi connectivity index (χ3v) is 6.66. The quantitative estimate of drug-likeness (QED) is 0.558. The van der Waals surface area contributed by atoms with E-state index in [9.17, 15) is 4.39 Å². The van der Waals surface area contributed by atoms with E-state index in [-0.39, 0.29) is 27.4 Å². The van der Waals surface area contributed by atoms with Gasteiger partial charge in [0, 0.05) is 5.41 Å². The Bertz CT molecular complexity index is 399. The van der Waals surface area contributed by atoms with Crippen molar-refractivity contribution in [3.63, 3.8) is 0 Å². The minimum absolute atomic E-state index is 0.0410. The summed E-state index contributed by atoms with van der Waals surface area (Å²) >= 11 is 0. The van der Waals surface area contributed by atoms with Gasteiger partial charge in [-0.3, -0.25) is 0 Å². The van der Waals surface area contributed by atoms with Gasteiger partial charge < -0.3 is 0 Å². The maximum absolute atomic E-state index is 13.3. The normalized spacial score (nSPS) is 16.0. The zero-order valence-corrected chi connectivity index (χ0v) is 16.1. The number of hydrogen-bond donors (Lipinski definition) is 0. The molecule has 1 atom stereocenters. The first-order valence-electron chi connectivity index (χ1n) is 8.34. The number of hydrogen-bond acceptors (Lipinski definition) is 0. The van der Waals surface area contributed by atoms with Gasteiger partial charge in [-0.1, -0.05) is 77.1 Å². The summed E-state index contributed by atoms with van der Waals surface area (Å²) in [5, 5.41) is 0.0926. The minimum Gasteiger partial charge on any atom is -0.207 e. The molecule has 1 aliphatic heterocycles. The van der Waals surface area contributed by atoms with Crippen LogP contribution in [0.1, 0.15) is 53.0 Å². The first kappa shape index (κ1) is 21.2. The topological polar surface area (TPSA) is 0 Å². The van der Waals surface area contributed by atoms with E-state index >= 15 is 0 Å². The summed E-state index contributed by atoms with van der Waals surface area (Å²) in [5.74, 6) is 2.33. The highest BCUT2D eigenvalue weighted by Crippen LogP contribution is 2.35. The zero-order valence-electron chi connectivity index (χ0n) is 15.3.